The first-order chi connectivity index (χ1) is 8.97. The second-order valence-electron chi connectivity index (χ2n) is 3.91. The van der Waals surface area contributed by atoms with Crippen molar-refractivity contribution in [2.75, 3.05) is 26.8 Å². The molecule has 0 fully saturated rings. The molecule has 0 saturated heterocycles. The maximum absolute atomic E-state index is 12.5. The maximum atomic E-state index is 12.5. The van der Waals surface area contributed by atoms with E-state index in [1.165, 1.54) is 23.5 Å². The van der Waals surface area contributed by atoms with Gasteiger partial charge in [-0.2, -0.15) is 4.31 Å². The zero-order valence-electron chi connectivity index (χ0n) is 11.0. The molecule has 0 aliphatic heterocycles. The molecule has 0 aliphatic carbocycles. The van der Waals surface area contributed by atoms with Crippen LogP contribution < -0.4 is 0 Å². The number of halogens is 1. The molecule has 0 heterocycles. The average molecular weight is 308 g/mol. The van der Waals surface area contributed by atoms with E-state index in [2.05, 4.69) is 0 Å². The summed E-state index contributed by atoms with van der Waals surface area (Å²) >= 11 is 5.95. The zero-order chi connectivity index (χ0) is 14.5. The minimum Gasteiger partial charge on any atom is -0.392 e. The van der Waals surface area contributed by atoms with Gasteiger partial charge in [0.05, 0.1) is 18.2 Å². The van der Waals surface area contributed by atoms with E-state index in [1.807, 2.05) is 0 Å². The van der Waals surface area contributed by atoms with E-state index in [-0.39, 0.29) is 23.1 Å². The predicted octanol–water partition coefficient (Wildman–Crippen LogP) is 1.49. The van der Waals surface area contributed by atoms with Gasteiger partial charge in [-0.25, -0.2) is 8.42 Å². The van der Waals surface area contributed by atoms with Crippen molar-refractivity contribution in [3.8, 4) is 0 Å². The summed E-state index contributed by atoms with van der Waals surface area (Å²) in [6, 6.07) is 4.46. The van der Waals surface area contributed by atoms with Crippen molar-refractivity contribution in [1.82, 2.24) is 4.31 Å². The third kappa shape index (κ3) is 3.90. The van der Waals surface area contributed by atoms with E-state index < -0.39 is 10.0 Å². The lowest BCUT2D eigenvalue weighted by Gasteiger charge is -2.21. The number of sulfonamides is 1. The van der Waals surface area contributed by atoms with Crippen molar-refractivity contribution in [3.63, 3.8) is 0 Å². The van der Waals surface area contributed by atoms with E-state index in [1.54, 1.807) is 13.0 Å². The normalized spacial score (nSPS) is 12.1. The Kier molecular flexibility index (Phi) is 6.22. The summed E-state index contributed by atoms with van der Waals surface area (Å²) in [6.45, 7) is 2.41. The minimum atomic E-state index is -3.68. The smallest absolute Gasteiger partial charge is 0.244 e. The molecule has 0 spiro atoms. The number of rotatable bonds is 7. The summed E-state index contributed by atoms with van der Waals surface area (Å²) in [5.74, 6) is 0. The predicted molar refractivity (Wildman–Crippen MR) is 73.7 cm³/mol. The van der Waals surface area contributed by atoms with Crippen molar-refractivity contribution in [2.24, 2.45) is 0 Å². The number of aliphatic hydroxyl groups is 1. The molecule has 5 nitrogen and oxygen atoms in total. The van der Waals surface area contributed by atoms with Gasteiger partial charge < -0.3 is 9.84 Å². The summed E-state index contributed by atoms with van der Waals surface area (Å²) in [5.41, 5.74) is 0.505. The average Bonchev–Trinajstić information content (AvgIpc) is 2.39. The van der Waals surface area contributed by atoms with Crippen LogP contribution in [0.4, 0.5) is 0 Å². The number of hydrogen-bond donors (Lipinski definition) is 1. The van der Waals surface area contributed by atoms with E-state index in [9.17, 15) is 8.42 Å². The van der Waals surface area contributed by atoms with Crippen LogP contribution in [0.5, 0.6) is 0 Å². The van der Waals surface area contributed by atoms with E-state index in [0.717, 1.165) is 0 Å². The fourth-order valence-electron chi connectivity index (χ4n) is 1.62. The Morgan fingerprint density at radius 2 is 2.11 bits per heavy atom. The topological polar surface area (TPSA) is 66.8 Å². The summed E-state index contributed by atoms with van der Waals surface area (Å²) in [4.78, 5) is 0.0127. The molecule has 19 heavy (non-hydrogen) atoms. The van der Waals surface area contributed by atoms with Crippen LogP contribution in [0.15, 0.2) is 23.1 Å². The first-order valence-electron chi connectivity index (χ1n) is 5.85. The summed E-state index contributed by atoms with van der Waals surface area (Å²) in [6.07, 6.45) is 0. The zero-order valence-corrected chi connectivity index (χ0v) is 12.5. The van der Waals surface area contributed by atoms with Crippen LogP contribution in [0, 0.1) is 0 Å². The molecule has 0 saturated carbocycles. The van der Waals surface area contributed by atoms with Crippen LogP contribution in [-0.2, 0) is 21.4 Å². The van der Waals surface area contributed by atoms with Crippen LogP contribution in [0.2, 0.25) is 5.02 Å². The number of ether oxygens (including phenoxy) is 1. The van der Waals surface area contributed by atoms with Crippen LogP contribution in [0.1, 0.15) is 12.5 Å². The van der Waals surface area contributed by atoms with Crippen LogP contribution >= 0.6 is 11.6 Å². The molecule has 108 valence electrons. The Morgan fingerprint density at radius 3 is 2.63 bits per heavy atom. The third-order valence-corrected chi connectivity index (χ3v) is 5.15. The number of hydrogen-bond acceptors (Lipinski definition) is 4. The fraction of sp³-hybridized carbons (Fsp3) is 0.500. The first-order valence-corrected chi connectivity index (χ1v) is 7.67. The van der Waals surface area contributed by atoms with Gasteiger partial charge in [0, 0.05) is 20.2 Å². The van der Waals surface area contributed by atoms with Gasteiger partial charge in [-0.05, 0) is 17.7 Å². The Bertz CT molecular complexity index is 518. The highest BCUT2D eigenvalue weighted by Gasteiger charge is 2.25. The Labute approximate surface area is 118 Å². The number of methoxy groups -OCH3 is 1. The second kappa shape index (κ2) is 7.21. The van der Waals surface area contributed by atoms with Gasteiger partial charge in [0.25, 0.3) is 0 Å². The van der Waals surface area contributed by atoms with Crippen LogP contribution in [0.25, 0.3) is 0 Å². The highest BCUT2D eigenvalue weighted by molar-refractivity contribution is 7.89. The molecule has 0 aliphatic rings. The van der Waals surface area contributed by atoms with Gasteiger partial charge >= 0.3 is 0 Å². The third-order valence-electron chi connectivity index (χ3n) is 2.69. The van der Waals surface area contributed by atoms with Crippen molar-refractivity contribution in [3.05, 3.63) is 28.8 Å². The number of aliphatic hydroxyl groups excluding tert-OH is 1. The molecule has 0 aromatic heterocycles. The molecule has 7 heteroatoms. The Hall–Kier alpha value is -0.660. The van der Waals surface area contributed by atoms with Crippen molar-refractivity contribution in [2.45, 2.75) is 18.4 Å². The SMILES string of the molecule is CCN(CCOC)S(=O)(=O)c1cc(CO)ccc1Cl. The number of benzene rings is 1. The standard InChI is InChI=1S/C12H18ClNO4S/c1-3-14(6-7-18-2)19(16,17)12-8-10(9-15)4-5-11(12)13/h4-5,8,15H,3,6-7,9H2,1-2H3. The van der Waals surface area contributed by atoms with Gasteiger partial charge in [-0.15, -0.1) is 0 Å². The second-order valence-corrected chi connectivity index (χ2v) is 6.23. The molecular formula is C12H18ClNO4S. The van der Waals surface area contributed by atoms with E-state index in [4.69, 9.17) is 21.4 Å². The molecule has 1 N–H and O–H groups in total. The number of nitrogens with zero attached hydrogens (tertiary/aromatic N) is 1. The molecule has 0 unspecified atom stereocenters. The first kappa shape index (κ1) is 16.4. The van der Waals surface area contributed by atoms with Gasteiger partial charge in [0.2, 0.25) is 10.0 Å². The summed E-state index contributed by atoms with van der Waals surface area (Å²) in [7, 11) is -2.16. The summed E-state index contributed by atoms with van der Waals surface area (Å²) < 4.78 is 31.1. The highest BCUT2D eigenvalue weighted by atomic mass is 35.5. The van der Waals surface area contributed by atoms with Crippen LogP contribution in [0.3, 0.4) is 0 Å². The van der Waals surface area contributed by atoms with Crippen molar-refractivity contribution < 1.29 is 18.3 Å². The fourth-order valence-corrected chi connectivity index (χ4v) is 3.58. The monoisotopic (exact) mass is 307 g/mol. The molecule has 0 radical (unpaired) electrons. The summed E-state index contributed by atoms with van der Waals surface area (Å²) in [5, 5.41) is 9.23. The van der Waals surface area contributed by atoms with Gasteiger partial charge in [0.15, 0.2) is 0 Å². The Balaban J connectivity index is 3.17. The lowest BCUT2D eigenvalue weighted by Crippen LogP contribution is -2.34. The van der Waals surface area contributed by atoms with Gasteiger partial charge in [-0.3, -0.25) is 0 Å². The lowest BCUT2D eigenvalue weighted by atomic mass is 10.2. The Morgan fingerprint density at radius 1 is 1.42 bits per heavy atom. The lowest BCUT2D eigenvalue weighted by molar-refractivity contribution is 0.180. The molecule has 1 aromatic carbocycles. The maximum Gasteiger partial charge on any atom is 0.244 e. The molecule has 1 rings (SSSR count). The quantitative estimate of drug-likeness (QED) is 0.829. The highest BCUT2D eigenvalue weighted by Crippen LogP contribution is 2.25. The molecule has 0 bridgehead atoms. The van der Waals surface area contributed by atoms with Crippen molar-refractivity contribution >= 4 is 21.6 Å². The van der Waals surface area contributed by atoms with E-state index in [0.29, 0.717) is 18.7 Å². The molecular weight excluding hydrogens is 290 g/mol. The van der Waals surface area contributed by atoms with Crippen LogP contribution in [-0.4, -0.2) is 44.6 Å². The minimum absolute atomic E-state index is 0.0127. The van der Waals surface area contributed by atoms with E-state index >= 15 is 0 Å². The van der Waals surface area contributed by atoms with Gasteiger partial charge in [-0.1, -0.05) is 24.6 Å². The number of likely N-dealkylation sites (N-methyl/N-ethyl adjacent to an activating group) is 1. The molecule has 1 aromatic rings. The molecule has 0 amide bonds. The van der Waals surface area contributed by atoms with Crippen molar-refractivity contribution in [1.29, 1.82) is 0 Å². The molecule has 0 atom stereocenters. The largest absolute Gasteiger partial charge is 0.392 e. The van der Waals surface area contributed by atoms with Gasteiger partial charge in [0.1, 0.15) is 4.90 Å².